The van der Waals surface area contributed by atoms with Gasteiger partial charge in [-0.05, 0) is 30.3 Å². The van der Waals surface area contributed by atoms with Crippen molar-refractivity contribution in [3.63, 3.8) is 0 Å². The Bertz CT molecular complexity index is 852. The molecule has 0 aliphatic carbocycles. The maximum absolute atomic E-state index is 11.0. The van der Waals surface area contributed by atoms with Crippen LogP contribution in [0.3, 0.4) is 0 Å². The van der Waals surface area contributed by atoms with Gasteiger partial charge in [0, 0.05) is 27.9 Å². The molecule has 0 aliphatic rings. The molecular weight excluding hydrogens is 354 g/mol. The van der Waals surface area contributed by atoms with Crippen LogP contribution in [0.25, 0.3) is 23.0 Å². The lowest BCUT2D eigenvalue weighted by Crippen LogP contribution is -2.05. The van der Waals surface area contributed by atoms with Gasteiger partial charge in [0.05, 0.1) is 11.4 Å². The van der Waals surface area contributed by atoms with Gasteiger partial charge in [-0.1, -0.05) is 46.3 Å². The second kappa shape index (κ2) is 6.62. The number of carbonyl (C=O) groups excluding carboxylic acids is 1. The van der Waals surface area contributed by atoms with Gasteiger partial charge >= 0.3 is 0 Å². The zero-order chi connectivity index (χ0) is 16.2. The molecule has 0 spiro atoms. The van der Waals surface area contributed by atoms with E-state index in [0.29, 0.717) is 0 Å². The summed E-state index contributed by atoms with van der Waals surface area (Å²) in [7, 11) is 0. The van der Waals surface area contributed by atoms with Crippen LogP contribution in [-0.4, -0.2) is 15.7 Å². The SMILES string of the molecule is NC(=O)C=Cc1cn(-c2ccccc2)nc1-c1ccc(Br)cc1. The molecule has 2 aromatic carbocycles. The lowest BCUT2D eigenvalue weighted by atomic mass is 10.1. The molecule has 2 N–H and O–H groups in total. The molecule has 0 unspecified atom stereocenters. The zero-order valence-electron chi connectivity index (χ0n) is 12.2. The Morgan fingerprint density at radius 1 is 1.09 bits per heavy atom. The topological polar surface area (TPSA) is 60.9 Å². The van der Waals surface area contributed by atoms with E-state index in [1.165, 1.54) is 6.08 Å². The third kappa shape index (κ3) is 3.57. The summed E-state index contributed by atoms with van der Waals surface area (Å²) >= 11 is 3.43. The molecule has 5 heteroatoms. The van der Waals surface area contributed by atoms with E-state index >= 15 is 0 Å². The quantitative estimate of drug-likeness (QED) is 0.712. The highest BCUT2D eigenvalue weighted by Crippen LogP contribution is 2.26. The van der Waals surface area contributed by atoms with Crippen LogP contribution in [0.2, 0.25) is 0 Å². The summed E-state index contributed by atoms with van der Waals surface area (Å²) in [5, 5.41) is 4.66. The van der Waals surface area contributed by atoms with Crippen molar-refractivity contribution in [1.29, 1.82) is 0 Å². The molecule has 23 heavy (non-hydrogen) atoms. The monoisotopic (exact) mass is 367 g/mol. The van der Waals surface area contributed by atoms with Crippen molar-refractivity contribution in [2.75, 3.05) is 0 Å². The lowest BCUT2D eigenvalue weighted by molar-refractivity contribution is -0.113. The van der Waals surface area contributed by atoms with Crippen molar-refractivity contribution >= 4 is 27.9 Å². The number of carbonyl (C=O) groups is 1. The Kier molecular flexibility index (Phi) is 4.39. The molecule has 0 atom stereocenters. The standard InChI is InChI=1S/C18H14BrN3O/c19-15-9-6-13(7-10-15)18-14(8-11-17(20)23)12-22(21-18)16-4-2-1-3-5-16/h1-12H,(H2,20,23). The molecule has 0 saturated carbocycles. The average molecular weight is 368 g/mol. The fourth-order valence-corrected chi connectivity index (χ4v) is 2.49. The number of hydrogen-bond acceptors (Lipinski definition) is 2. The van der Waals surface area contributed by atoms with Gasteiger partial charge in [-0.2, -0.15) is 5.10 Å². The lowest BCUT2D eigenvalue weighted by Gasteiger charge is -2.00. The van der Waals surface area contributed by atoms with Gasteiger partial charge in [0.1, 0.15) is 0 Å². The molecular formula is C18H14BrN3O. The molecule has 1 heterocycles. The van der Waals surface area contributed by atoms with Crippen molar-refractivity contribution in [3.05, 3.63) is 76.9 Å². The largest absolute Gasteiger partial charge is 0.366 e. The second-order valence-electron chi connectivity index (χ2n) is 4.96. The number of nitrogens with two attached hydrogens (primary N) is 1. The molecule has 3 aromatic rings. The number of para-hydroxylation sites is 1. The van der Waals surface area contributed by atoms with E-state index in [-0.39, 0.29) is 0 Å². The van der Waals surface area contributed by atoms with Gasteiger partial charge in [0.15, 0.2) is 0 Å². The Morgan fingerprint density at radius 3 is 2.43 bits per heavy atom. The fraction of sp³-hybridized carbons (Fsp3) is 0. The molecule has 1 aromatic heterocycles. The number of aromatic nitrogens is 2. The fourth-order valence-electron chi connectivity index (χ4n) is 2.23. The van der Waals surface area contributed by atoms with Gasteiger partial charge in [0.25, 0.3) is 0 Å². The van der Waals surface area contributed by atoms with E-state index in [0.717, 1.165) is 27.0 Å². The summed E-state index contributed by atoms with van der Waals surface area (Å²) in [5.74, 6) is -0.487. The first-order valence-electron chi connectivity index (χ1n) is 7.02. The Balaban J connectivity index is 2.10. The Labute approximate surface area is 142 Å². The number of primary amides is 1. The smallest absolute Gasteiger partial charge is 0.241 e. The minimum absolute atomic E-state index is 0.487. The van der Waals surface area contributed by atoms with Gasteiger partial charge in [-0.25, -0.2) is 4.68 Å². The number of hydrogen-bond donors (Lipinski definition) is 1. The third-order valence-corrected chi connectivity index (χ3v) is 3.84. The first kappa shape index (κ1) is 15.2. The zero-order valence-corrected chi connectivity index (χ0v) is 13.8. The van der Waals surface area contributed by atoms with Gasteiger partial charge in [0.2, 0.25) is 5.91 Å². The molecule has 0 bridgehead atoms. The molecule has 0 saturated heterocycles. The highest BCUT2D eigenvalue weighted by Gasteiger charge is 2.10. The second-order valence-corrected chi connectivity index (χ2v) is 5.87. The van der Waals surface area contributed by atoms with E-state index in [2.05, 4.69) is 21.0 Å². The van der Waals surface area contributed by atoms with E-state index < -0.39 is 5.91 Å². The predicted octanol–water partition coefficient (Wildman–Crippen LogP) is 3.80. The van der Waals surface area contributed by atoms with E-state index in [1.807, 2.05) is 60.8 Å². The normalized spacial score (nSPS) is 11.0. The highest BCUT2D eigenvalue weighted by atomic mass is 79.9. The van der Waals surface area contributed by atoms with Crippen LogP contribution < -0.4 is 5.73 Å². The van der Waals surface area contributed by atoms with Crippen LogP contribution in [0.5, 0.6) is 0 Å². The molecule has 0 fully saturated rings. The van der Waals surface area contributed by atoms with E-state index in [1.54, 1.807) is 10.8 Å². The number of rotatable bonds is 4. The first-order valence-corrected chi connectivity index (χ1v) is 7.81. The summed E-state index contributed by atoms with van der Waals surface area (Å²) in [5.41, 5.74) is 8.74. The summed E-state index contributed by atoms with van der Waals surface area (Å²) in [6.07, 6.45) is 4.91. The summed E-state index contributed by atoms with van der Waals surface area (Å²) in [6.45, 7) is 0. The van der Waals surface area contributed by atoms with Crippen molar-refractivity contribution < 1.29 is 4.79 Å². The number of benzene rings is 2. The Morgan fingerprint density at radius 2 is 1.78 bits per heavy atom. The molecule has 114 valence electrons. The van der Waals surface area contributed by atoms with Crippen LogP contribution >= 0.6 is 15.9 Å². The van der Waals surface area contributed by atoms with E-state index in [4.69, 9.17) is 5.73 Å². The molecule has 3 rings (SSSR count). The highest BCUT2D eigenvalue weighted by molar-refractivity contribution is 9.10. The number of halogens is 1. The third-order valence-electron chi connectivity index (χ3n) is 3.31. The van der Waals surface area contributed by atoms with Crippen molar-refractivity contribution in [1.82, 2.24) is 9.78 Å². The van der Waals surface area contributed by atoms with Crippen molar-refractivity contribution in [2.24, 2.45) is 5.73 Å². The molecule has 0 aliphatic heterocycles. The van der Waals surface area contributed by atoms with Crippen LogP contribution in [0.1, 0.15) is 5.56 Å². The molecule has 0 radical (unpaired) electrons. The van der Waals surface area contributed by atoms with Crippen LogP contribution in [0.15, 0.2) is 71.3 Å². The summed E-state index contributed by atoms with van der Waals surface area (Å²) < 4.78 is 2.79. The van der Waals surface area contributed by atoms with Gasteiger partial charge < -0.3 is 5.73 Å². The summed E-state index contributed by atoms with van der Waals surface area (Å²) in [4.78, 5) is 11.0. The van der Waals surface area contributed by atoms with Crippen molar-refractivity contribution in [3.8, 4) is 16.9 Å². The van der Waals surface area contributed by atoms with Gasteiger partial charge in [-0.3, -0.25) is 4.79 Å². The first-order chi connectivity index (χ1) is 11.1. The van der Waals surface area contributed by atoms with Crippen LogP contribution in [0, 0.1) is 0 Å². The molecule has 1 amide bonds. The van der Waals surface area contributed by atoms with Crippen molar-refractivity contribution in [2.45, 2.75) is 0 Å². The number of amides is 1. The maximum atomic E-state index is 11.0. The predicted molar refractivity (Wildman–Crippen MR) is 94.9 cm³/mol. The Hall–Kier alpha value is -2.66. The average Bonchev–Trinajstić information content (AvgIpc) is 2.99. The minimum Gasteiger partial charge on any atom is -0.366 e. The maximum Gasteiger partial charge on any atom is 0.241 e. The number of nitrogens with zero attached hydrogens (tertiary/aromatic N) is 2. The summed E-state index contributed by atoms with van der Waals surface area (Å²) in [6, 6.07) is 17.7. The minimum atomic E-state index is -0.487. The van der Waals surface area contributed by atoms with Gasteiger partial charge in [-0.15, -0.1) is 0 Å². The molecule has 4 nitrogen and oxygen atoms in total. The van der Waals surface area contributed by atoms with Crippen LogP contribution in [-0.2, 0) is 4.79 Å². The van der Waals surface area contributed by atoms with E-state index in [9.17, 15) is 4.79 Å². The van der Waals surface area contributed by atoms with Crippen LogP contribution in [0.4, 0.5) is 0 Å².